The summed E-state index contributed by atoms with van der Waals surface area (Å²) in [6.07, 6.45) is 5.59. The van der Waals surface area contributed by atoms with E-state index in [9.17, 15) is 9.18 Å². The fourth-order valence-electron chi connectivity index (χ4n) is 3.39. The standard InChI is InChI=1S/C18H18FN3O2/c1-12-15-10-13(19)5-6-16(15)24-17(12)18(23)21-8-2-4-14(11-21)22-9-3-7-20-22/h3,5-7,9-10,14H,2,4,8,11H2,1H3/t14-/m1/s1. The topological polar surface area (TPSA) is 51.3 Å². The van der Waals surface area contributed by atoms with Crippen molar-refractivity contribution >= 4 is 16.9 Å². The maximum atomic E-state index is 13.4. The van der Waals surface area contributed by atoms with Gasteiger partial charge in [0.05, 0.1) is 6.04 Å². The molecule has 2 aromatic heterocycles. The molecular formula is C18H18FN3O2. The molecule has 1 aromatic carbocycles. The van der Waals surface area contributed by atoms with Crippen LogP contribution in [0.3, 0.4) is 0 Å². The molecule has 1 amide bonds. The quantitative estimate of drug-likeness (QED) is 0.723. The van der Waals surface area contributed by atoms with Gasteiger partial charge in [-0.15, -0.1) is 0 Å². The molecular weight excluding hydrogens is 309 g/mol. The van der Waals surface area contributed by atoms with Crippen molar-refractivity contribution in [2.24, 2.45) is 0 Å². The molecule has 0 unspecified atom stereocenters. The Bertz CT molecular complexity index is 885. The van der Waals surface area contributed by atoms with Gasteiger partial charge < -0.3 is 9.32 Å². The molecule has 6 heteroatoms. The van der Waals surface area contributed by atoms with Gasteiger partial charge in [-0.1, -0.05) is 0 Å². The largest absolute Gasteiger partial charge is 0.451 e. The molecule has 0 spiro atoms. The van der Waals surface area contributed by atoms with E-state index in [1.54, 1.807) is 24.1 Å². The van der Waals surface area contributed by atoms with Gasteiger partial charge in [-0.3, -0.25) is 9.48 Å². The lowest BCUT2D eigenvalue weighted by Crippen LogP contribution is -2.40. The Labute approximate surface area is 138 Å². The Morgan fingerprint density at radius 1 is 1.42 bits per heavy atom. The lowest BCUT2D eigenvalue weighted by Gasteiger charge is -2.32. The number of benzene rings is 1. The van der Waals surface area contributed by atoms with Crippen LogP contribution in [-0.4, -0.2) is 33.7 Å². The molecule has 0 N–H and O–H groups in total. The molecule has 0 radical (unpaired) electrons. The number of nitrogens with zero attached hydrogens (tertiary/aromatic N) is 3. The molecule has 124 valence electrons. The van der Waals surface area contributed by atoms with E-state index in [2.05, 4.69) is 5.10 Å². The van der Waals surface area contributed by atoms with E-state index >= 15 is 0 Å². The van der Waals surface area contributed by atoms with Crippen molar-refractivity contribution in [1.82, 2.24) is 14.7 Å². The molecule has 1 aliphatic heterocycles. The van der Waals surface area contributed by atoms with Crippen molar-refractivity contribution in [2.45, 2.75) is 25.8 Å². The minimum absolute atomic E-state index is 0.138. The van der Waals surface area contributed by atoms with Crippen LogP contribution in [0, 0.1) is 12.7 Å². The summed E-state index contributed by atoms with van der Waals surface area (Å²) in [5, 5.41) is 4.93. The molecule has 5 nitrogen and oxygen atoms in total. The average Bonchev–Trinajstić information content (AvgIpc) is 3.24. The molecule has 3 aromatic rings. The number of aryl methyl sites for hydroxylation is 1. The first-order chi connectivity index (χ1) is 11.6. The molecule has 4 rings (SSSR count). The number of piperidine rings is 1. The van der Waals surface area contributed by atoms with Crippen LogP contribution in [-0.2, 0) is 0 Å². The van der Waals surface area contributed by atoms with Crippen molar-refractivity contribution in [3.63, 3.8) is 0 Å². The number of furan rings is 1. The summed E-state index contributed by atoms with van der Waals surface area (Å²) in [5.41, 5.74) is 1.23. The van der Waals surface area contributed by atoms with E-state index in [-0.39, 0.29) is 17.8 Å². The molecule has 0 aliphatic carbocycles. The normalized spacial score (nSPS) is 18.2. The highest BCUT2D eigenvalue weighted by Crippen LogP contribution is 2.29. The van der Waals surface area contributed by atoms with Gasteiger partial charge in [0.1, 0.15) is 11.4 Å². The molecule has 1 aliphatic rings. The van der Waals surface area contributed by atoms with E-state index in [0.29, 0.717) is 35.4 Å². The molecule has 0 bridgehead atoms. The van der Waals surface area contributed by atoms with Crippen molar-refractivity contribution in [3.05, 3.63) is 53.8 Å². The Morgan fingerprint density at radius 2 is 2.29 bits per heavy atom. The Kier molecular flexibility index (Phi) is 3.59. The highest BCUT2D eigenvalue weighted by atomic mass is 19.1. The lowest BCUT2D eigenvalue weighted by molar-refractivity contribution is 0.0642. The molecule has 3 heterocycles. The summed E-state index contributed by atoms with van der Waals surface area (Å²) in [7, 11) is 0. The van der Waals surface area contributed by atoms with E-state index in [4.69, 9.17) is 4.42 Å². The number of aromatic nitrogens is 2. The van der Waals surface area contributed by atoms with Crippen LogP contribution in [0.25, 0.3) is 11.0 Å². The van der Waals surface area contributed by atoms with Crippen LogP contribution in [0.4, 0.5) is 4.39 Å². The van der Waals surface area contributed by atoms with Crippen LogP contribution in [0.2, 0.25) is 0 Å². The minimum Gasteiger partial charge on any atom is -0.451 e. The Hall–Kier alpha value is -2.63. The monoisotopic (exact) mass is 327 g/mol. The Balaban J connectivity index is 1.62. The van der Waals surface area contributed by atoms with Crippen LogP contribution in [0.15, 0.2) is 41.1 Å². The second-order valence-corrected chi connectivity index (χ2v) is 6.23. The smallest absolute Gasteiger partial charge is 0.289 e. The predicted octanol–water partition coefficient (Wildman–Crippen LogP) is 3.55. The number of amides is 1. The number of carbonyl (C=O) groups is 1. The molecule has 0 saturated carbocycles. The van der Waals surface area contributed by atoms with Crippen molar-refractivity contribution in [3.8, 4) is 0 Å². The van der Waals surface area contributed by atoms with Gasteiger partial charge in [-0.2, -0.15) is 5.10 Å². The lowest BCUT2D eigenvalue weighted by atomic mass is 10.0. The van der Waals surface area contributed by atoms with Crippen molar-refractivity contribution in [1.29, 1.82) is 0 Å². The zero-order valence-electron chi connectivity index (χ0n) is 13.4. The summed E-state index contributed by atoms with van der Waals surface area (Å²) in [6.45, 7) is 3.10. The summed E-state index contributed by atoms with van der Waals surface area (Å²) in [4.78, 5) is 14.7. The third kappa shape index (κ3) is 2.48. The van der Waals surface area contributed by atoms with E-state index in [1.807, 2.05) is 16.9 Å². The van der Waals surface area contributed by atoms with Gasteiger partial charge in [0, 0.05) is 36.4 Å². The number of hydrogen-bond donors (Lipinski definition) is 0. The highest BCUT2D eigenvalue weighted by molar-refractivity contribution is 5.99. The van der Waals surface area contributed by atoms with Gasteiger partial charge >= 0.3 is 0 Å². The summed E-state index contributed by atoms with van der Waals surface area (Å²) >= 11 is 0. The van der Waals surface area contributed by atoms with Crippen LogP contribution in [0.5, 0.6) is 0 Å². The summed E-state index contributed by atoms with van der Waals surface area (Å²) in [5.74, 6) is -0.167. The van der Waals surface area contributed by atoms with Gasteiger partial charge in [0.15, 0.2) is 5.76 Å². The van der Waals surface area contributed by atoms with Gasteiger partial charge in [-0.05, 0) is 44.0 Å². The number of hydrogen-bond acceptors (Lipinski definition) is 3. The summed E-state index contributed by atoms with van der Waals surface area (Å²) in [6, 6.07) is 6.39. The second-order valence-electron chi connectivity index (χ2n) is 6.23. The minimum atomic E-state index is -0.331. The third-order valence-electron chi connectivity index (χ3n) is 4.68. The maximum absolute atomic E-state index is 13.4. The number of rotatable bonds is 2. The SMILES string of the molecule is Cc1c(C(=O)N2CCC[C@@H](n3cccn3)C2)oc2ccc(F)cc12. The van der Waals surface area contributed by atoms with Crippen LogP contribution in [0.1, 0.15) is 35.0 Å². The number of fused-ring (bicyclic) bond motifs is 1. The van der Waals surface area contributed by atoms with Crippen LogP contribution >= 0.6 is 0 Å². The van der Waals surface area contributed by atoms with Crippen molar-refractivity contribution < 1.29 is 13.6 Å². The van der Waals surface area contributed by atoms with Gasteiger partial charge in [-0.25, -0.2) is 4.39 Å². The van der Waals surface area contributed by atoms with E-state index < -0.39 is 0 Å². The van der Waals surface area contributed by atoms with Crippen molar-refractivity contribution in [2.75, 3.05) is 13.1 Å². The Morgan fingerprint density at radius 3 is 3.08 bits per heavy atom. The van der Waals surface area contributed by atoms with E-state index in [0.717, 1.165) is 12.8 Å². The fraction of sp³-hybridized carbons (Fsp3) is 0.333. The van der Waals surface area contributed by atoms with Gasteiger partial charge in [0.25, 0.3) is 5.91 Å². The molecule has 24 heavy (non-hydrogen) atoms. The first-order valence-electron chi connectivity index (χ1n) is 8.10. The number of likely N-dealkylation sites (tertiary alicyclic amines) is 1. The fourth-order valence-corrected chi connectivity index (χ4v) is 3.39. The predicted molar refractivity (Wildman–Crippen MR) is 87.3 cm³/mol. The second kappa shape index (κ2) is 5.78. The zero-order chi connectivity index (χ0) is 16.7. The van der Waals surface area contributed by atoms with E-state index in [1.165, 1.54) is 12.1 Å². The van der Waals surface area contributed by atoms with Gasteiger partial charge in [0.2, 0.25) is 0 Å². The molecule has 1 saturated heterocycles. The maximum Gasteiger partial charge on any atom is 0.289 e. The van der Waals surface area contributed by atoms with Crippen LogP contribution < -0.4 is 0 Å². The first kappa shape index (κ1) is 14.9. The number of carbonyl (C=O) groups excluding carboxylic acids is 1. The average molecular weight is 327 g/mol. The highest BCUT2D eigenvalue weighted by Gasteiger charge is 2.29. The first-order valence-corrected chi connectivity index (χ1v) is 8.10. The summed E-state index contributed by atoms with van der Waals surface area (Å²) < 4.78 is 21.1. The third-order valence-corrected chi connectivity index (χ3v) is 4.68. The molecule has 1 fully saturated rings. The molecule has 1 atom stereocenters. The zero-order valence-corrected chi connectivity index (χ0v) is 13.4. The number of halogens is 1.